The molecule has 2 aromatic carbocycles. The molecule has 6 nitrogen and oxygen atoms in total. The minimum atomic E-state index is -0.324. The van der Waals surface area contributed by atoms with Crippen LogP contribution in [-0.4, -0.2) is 22.6 Å². The van der Waals surface area contributed by atoms with Gasteiger partial charge >= 0.3 is 0 Å². The van der Waals surface area contributed by atoms with E-state index in [-0.39, 0.29) is 23.5 Å². The molecule has 6 heteroatoms. The van der Waals surface area contributed by atoms with Crippen molar-refractivity contribution in [2.45, 2.75) is 26.2 Å². The monoisotopic (exact) mass is 351 g/mol. The summed E-state index contributed by atoms with van der Waals surface area (Å²) >= 11 is 0. The molecular weight excluding hydrogens is 330 g/mol. The zero-order valence-corrected chi connectivity index (χ0v) is 14.5. The predicted octanol–water partition coefficient (Wildman–Crippen LogP) is 3.28. The van der Waals surface area contributed by atoms with Crippen LogP contribution >= 0.6 is 0 Å². The number of amides is 2. The molecule has 1 saturated carbocycles. The highest BCUT2D eigenvalue weighted by Gasteiger charge is 2.29. The molecule has 0 bridgehead atoms. The molecule has 134 valence electrons. The average molecular weight is 351 g/mol. The van der Waals surface area contributed by atoms with E-state index in [2.05, 4.69) is 15.8 Å². The van der Waals surface area contributed by atoms with Gasteiger partial charge in [-0.15, -0.1) is 0 Å². The van der Waals surface area contributed by atoms with E-state index >= 15 is 0 Å². The molecule has 3 rings (SSSR count). The number of hydrogen-bond donors (Lipinski definition) is 3. The summed E-state index contributed by atoms with van der Waals surface area (Å²) < 4.78 is 0. The second kappa shape index (κ2) is 7.82. The molecule has 26 heavy (non-hydrogen) atoms. The van der Waals surface area contributed by atoms with Gasteiger partial charge in [0.15, 0.2) is 0 Å². The van der Waals surface area contributed by atoms with Gasteiger partial charge in [0.25, 0.3) is 5.91 Å². The quantitative estimate of drug-likeness (QED) is 0.551. The molecule has 0 aliphatic heterocycles. The van der Waals surface area contributed by atoms with Crippen molar-refractivity contribution in [3.05, 3.63) is 59.7 Å². The first-order valence-corrected chi connectivity index (χ1v) is 8.64. The summed E-state index contributed by atoms with van der Waals surface area (Å²) in [5.74, 6) is 0.0323. The molecular formula is C20H21N3O3. The number of nitrogens with one attached hydrogen (secondary N) is 2. The van der Waals surface area contributed by atoms with Crippen LogP contribution in [0.4, 0.5) is 5.69 Å². The molecule has 2 aromatic rings. The van der Waals surface area contributed by atoms with Gasteiger partial charge in [-0.05, 0) is 73.4 Å². The fourth-order valence-electron chi connectivity index (χ4n) is 2.48. The van der Waals surface area contributed by atoms with E-state index in [1.54, 1.807) is 48.5 Å². The molecule has 0 heterocycles. The van der Waals surface area contributed by atoms with Gasteiger partial charge in [0.1, 0.15) is 5.75 Å². The predicted molar refractivity (Wildman–Crippen MR) is 100 cm³/mol. The summed E-state index contributed by atoms with van der Waals surface area (Å²) in [6.07, 6.45) is 2.54. The van der Waals surface area contributed by atoms with Gasteiger partial charge in [0, 0.05) is 17.2 Å². The maximum Gasteiger partial charge on any atom is 0.271 e. The van der Waals surface area contributed by atoms with Crippen molar-refractivity contribution >= 4 is 23.2 Å². The number of carbonyl (C=O) groups excluding carboxylic acids is 2. The van der Waals surface area contributed by atoms with Gasteiger partial charge in [-0.1, -0.05) is 6.92 Å². The van der Waals surface area contributed by atoms with Crippen LogP contribution in [0.5, 0.6) is 5.75 Å². The highest BCUT2D eigenvalue weighted by atomic mass is 16.3. The third-order valence-corrected chi connectivity index (χ3v) is 4.19. The van der Waals surface area contributed by atoms with E-state index in [1.807, 2.05) is 6.92 Å². The first kappa shape index (κ1) is 17.7. The Morgan fingerprint density at radius 2 is 1.65 bits per heavy atom. The van der Waals surface area contributed by atoms with Crippen LogP contribution in [-0.2, 0) is 4.79 Å². The van der Waals surface area contributed by atoms with E-state index in [9.17, 15) is 14.7 Å². The molecule has 0 aromatic heterocycles. The topological polar surface area (TPSA) is 90.8 Å². The van der Waals surface area contributed by atoms with E-state index in [4.69, 9.17) is 0 Å². The summed E-state index contributed by atoms with van der Waals surface area (Å²) in [7, 11) is 0. The van der Waals surface area contributed by atoms with Crippen molar-refractivity contribution in [3.63, 3.8) is 0 Å². The first-order valence-electron chi connectivity index (χ1n) is 8.64. The maximum absolute atomic E-state index is 12.3. The van der Waals surface area contributed by atoms with Crippen molar-refractivity contribution in [2.75, 3.05) is 5.32 Å². The van der Waals surface area contributed by atoms with Gasteiger partial charge in [-0.2, -0.15) is 5.10 Å². The first-order chi connectivity index (χ1) is 12.6. The molecule has 1 fully saturated rings. The Morgan fingerprint density at radius 1 is 1.04 bits per heavy atom. The van der Waals surface area contributed by atoms with Crippen LogP contribution in [0, 0.1) is 5.92 Å². The molecule has 1 aliphatic rings. The van der Waals surface area contributed by atoms with Crippen molar-refractivity contribution in [2.24, 2.45) is 11.0 Å². The maximum atomic E-state index is 12.3. The number of hydrazone groups is 1. The molecule has 3 N–H and O–H groups in total. The van der Waals surface area contributed by atoms with Crippen molar-refractivity contribution in [3.8, 4) is 5.75 Å². The largest absolute Gasteiger partial charge is 0.508 e. The van der Waals surface area contributed by atoms with E-state index in [1.165, 1.54) is 0 Å². The standard InChI is InChI=1S/C20H21N3O3/c1-2-18(13-7-11-17(24)12-8-13)22-23-20(26)15-5-9-16(10-6-15)21-19(25)14-3-4-14/h5-12,14,24H,2-4H2,1H3,(H,21,25)(H,23,26). The number of rotatable bonds is 6. The summed E-state index contributed by atoms with van der Waals surface area (Å²) in [6.45, 7) is 1.94. The lowest BCUT2D eigenvalue weighted by molar-refractivity contribution is -0.117. The fourth-order valence-corrected chi connectivity index (χ4v) is 2.48. The van der Waals surface area contributed by atoms with Crippen LogP contribution in [0.25, 0.3) is 0 Å². The number of carbonyl (C=O) groups is 2. The van der Waals surface area contributed by atoms with Gasteiger partial charge in [0.05, 0.1) is 5.71 Å². The SMILES string of the molecule is CCC(=NNC(=O)c1ccc(NC(=O)C2CC2)cc1)c1ccc(O)cc1. The minimum absolute atomic E-state index is 0.0355. The highest BCUT2D eigenvalue weighted by molar-refractivity contribution is 6.02. The van der Waals surface area contributed by atoms with Gasteiger partial charge in [-0.25, -0.2) is 5.43 Å². The van der Waals surface area contributed by atoms with Crippen LogP contribution < -0.4 is 10.7 Å². The Hall–Kier alpha value is -3.15. The number of phenols is 1. The van der Waals surface area contributed by atoms with Gasteiger partial charge < -0.3 is 10.4 Å². The van der Waals surface area contributed by atoms with Crippen molar-refractivity contribution < 1.29 is 14.7 Å². The summed E-state index contributed by atoms with van der Waals surface area (Å²) in [6, 6.07) is 13.4. The number of benzene rings is 2. The zero-order valence-electron chi connectivity index (χ0n) is 14.5. The third-order valence-electron chi connectivity index (χ3n) is 4.19. The molecule has 0 saturated heterocycles. The smallest absolute Gasteiger partial charge is 0.271 e. The van der Waals surface area contributed by atoms with Gasteiger partial charge in [-0.3, -0.25) is 9.59 Å². The molecule has 1 aliphatic carbocycles. The van der Waals surface area contributed by atoms with Crippen LogP contribution in [0.2, 0.25) is 0 Å². The van der Waals surface area contributed by atoms with Crippen molar-refractivity contribution in [1.29, 1.82) is 0 Å². The number of phenolic OH excluding ortho intramolecular Hbond substituents is 1. The summed E-state index contributed by atoms with van der Waals surface area (Å²) in [5.41, 5.74) is 5.24. The van der Waals surface area contributed by atoms with E-state index in [0.29, 0.717) is 23.4 Å². The molecule has 0 atom stereocenters. The number of aromatic hydroxyl groups is 1. The van der Waals surface area contributed by atoms with Crippen LogP contribution in [0.3, 0.4) is 0 Å². The lowest BCUT2D eigenvalue weighted by Gasteiger charge is -2.07. The summed E-state index contributed by atoms with van der Waals surface area (Å²) in [4.78, 5) is 24.0. The minimum Gasteiger partial charge on any atom is -0.508 e. The lowest BCUT2D eigenvalue weighted by atomic mass is 10.1. The normalized spacial score (nSPS) is 14.0. The Kier molecular flexibility index (Phi) is 5.31. The Bertz CT molecular complexity index is 822. The highest BCUT2D eigenvalue weighted by Crippen LogP contribution is 2.30. The second-order valence-corrected chi connectivity index (χ2v) is 6.24. The Labute approximate surface area is 151 Å². The average Bonchev–Trinajstić information content (AvgIpc) is 3.49. The number of nitrogens with zero attached hydrogens (tertiary/aromatic N) is 1. The van der Waals surface area contributed by atoms with Crippen molar-refractivity contribution in [1.82, 2.24) is 5.43 Å². The number of hydrogen-bond acceptors (Lipinski definition) is 4. The van der Waals surface area contributed by atoms with Crippen LogP contribution in [0.15, 0.2) is 53.6 Å². The Morgan fingerprint density at radius 3 is 2.23 bits per heavy atom. The molecule has 0 unspecified atom stereocenters. The molecule has 0 radical (unpaired) electrons. The van der Waals surface area contributed by atoms with E-state index < -0.39 is 0 Å². The Balaban J connectivity index is 1.62. The lowest BCUT2D eigenvalue weighted by Crippen LogP contribution is -2.20. The molecule has 0 spiro atoms. The second-order valence-electron chi connectivity index (χ2n) is 6.24. The number of anilines is 1. The third kappa shape index (κ3) is 4.47. The van der Waals surface area contributed by atoms with Crippen LogP contribution in [0.1, 0.15) is 42.1 Å². The molecule has 2 amide bonds. The van der Waals surface area contributed by atoms with E-state index in [0.717, 1.165) is 18.4 Å². The fraction of sp³-hybridized carbons (Fsp3) is 0.250. The summed E-state index contributed by atoms with van der Waals surface area (Å²) in [5, 5.41) is 16.4. The van der Waals surface area contributed by atoms with Gasteiger partial charge in [0.2, 0.25) is 5.91 Å². The zero-order chi connectivity index (χ0) is 18.5.